The fourth-order valence-electron chi connectivity index (χ4n) is 2.55. The molecule has 1 aromatic carbocycles. The molecular formula is C18H17FN4. The maximum Gasteiger partial charge on any atom is 0.181 e. The van der Waals surface area contributed by atoms with E-state index in [2.05, 4.69) is 15.1 Å². The maximum absolute atomic E-state index is 13.6. The van der Waals surface area contributed by atoms with Gasteiger partial charge in [-0.05, 0) is 56.5 Å². The summed E-state index contributed by atoms with van der Waals surface area (Å²) in [5.41, 5.74) is 3.52. The SMILES string of the molecule is Cc1ccc(-c2nc(C3CC3)nn2-c2cccc(F)c2)nc1C. The van der Waals surface area contributed by atoms with E-state index in [-0.39, 0.29) is 5.82 Å². The van der Waals surface area contributed by atoms with Crippen LogP contribution in [0.3, 0.4) is 0 Å². The van der Waals surface area contributed by atoms with Crippen molar-refractivity contribution in [3.05, 3.63) is 59.3 Å². The Labute approximate surface area is 134 Å². The summed E-state index contributed by atoms with van der Waals surface area (Å²) in [5, 5.41) is 4.61. The first-order chi connectivity index (χ1) is 11.1. The molecule has 4 rings (SSSR count). The van der Waals surface area contributed by atoms with E-state index < -0.39 is 0 Å². The molecule has 0 bridgehead atoms. The van der Waals surface area contributed by atoms with Gasteiger partial charge in [0.1, 0.15) is 11.5 Å². The topological polar surface area (TPSA) is 43.6 Å². The number of halogens is 1. The minimum absolute atomic E-state index is 0.287. The van der Waals surface area contributed by atoms with E-state index in [9.17, 15) is 4.39 Å². The lowest BCUT2D eigenvalue weighted by Crippen LogP contribution is -2.02. The van der Waals surface area contributed by atoms with Crippen LogP contribution in [0.1, 0.15) is 35.8 Å². The highest BCUT2D eigenvalue weighted by Crippen LogP contribution is 2.39. The molecule has 116 valence electrons. The molecule has 0 radical (unpaired) electrons. The molecule has 4 nitrogen and oxygen atoms in total. The summed E-state index contributed by atoms with van der Waals surface area (Å²) in [6.07, 6.45) is 2.24. The minimum atomic E-state index is -0.287. The summed E-state index contributed by atoms with van der Waals surface area (Å²) in [5.74, 6) is 1.63. The zero-order valence-corrected chi connectivity index (χ0v) is 13.1. The van der Waals surface area contributed by atoms with E-state index in [4.69, 9.17) is 0 Å². The summed E-state index contributed by atoms with van der Waals surface area (Å²) in [4.78, 5) is 9.31. The van der Waals surface area contributed by atoms with Crippen molar-refractivity contribution in [3.63, 3.8) is 0 Å². The lowest BCUT2D eigenvalue weighted by Gasteiger charge is -2.07. The van der Waals surface area contributed by atoms with Crippen molar-refractivity contribution in [2.75, 3.05) is 0 Å². The summed E-state index contributed by atoms with van der Waals surface area (Å²) < 4.78 is 15.3. The molecule has 0 saturated heterocycles. The van der Waals surface area contributed by atoms with Crippen molar-refractivity contribution in [1.82, 2.24) is 19.7 Å². The monoisotopic (exact) mass is 308 g/mol. The molecule has 2 aromatic heterocycles. The third kappa shape index (κ3) is 2.63. The summed E-state index contributed by atoms with van der Waals surface area (Å²) in [7, 11) is 0. The van der Waals surface area contributed by atoms with Crippen LogP contribution >= 0.6 is 0 Å². The van der Waals surface area contributed by atoms with Crippen LogP contribution in [0.5, 0.6) is 0 Å². The highest BCUT2D eigenvalue weighted by atomic mass is 19.1. The molecule has 5 heteroatoms. The first-order valence-electron chi connectivity index (χ1n) is 7.79. The lowest BCUT2D eigenvalue weighted by molar-refractivity contribution is 0.625. The molecule has 0 atom stereocenters. The Morgan fingerprint density at radius 1 is 1.09 bits per heavy atom. The Morgan fingerprint density at radius 3 is 2.61 bits per heavy atom. The third-order valence-electron chi connectivity index (χ3n) is 4.20. The lowest BCUT2D eigenvalue weighted by atomic mass is 10.2. The van der Waals surface area contributed by atoms with Gasteiger partial charge in [-0.2, -0.15) is 5.10 Å². The first kappa shape index (κ1) is 14.1. The molecule has 1 saturated carbocycles. The van der Waals surface area contributed by atoms with E-state index in [1.807, 2.05) is 32.0 Å². The van der Waals surface area contributed by atoms with E-state index in [0.29, 0.717) is 17.4 Å². The number of aromatic nitrogens is 4. The Bertz CT molecular complexity index is 880. The van der Waals surface area contributed by atoms with E-state index >= 15 is 0 Å². The Balaban J connectivity index is 1.88. The van der Waals surface area contributed by atoms with Gasteiger partial charge in [0.25, 0.3) is 0 Å². The number of aryl methyl sites for hydroxylation is 2. The van der Waals surface area contributed by atoms with Gasteiger partial charge in [-0.3, -0.25) is 0 Å². The van der Waals surface area contributed by atoms with Crippen molar-refractivity contribution in [2.45, 2.75) is 32.6 Å². The fourth-order valence-corrected chi connectivity index (χ4v) is 2.55. The smallest absolute Gasteiger partial charge is 0.181 e. The number of pyridine rings is 1. The Kier molecular flexibility index (Phi) is 3.22. The Morgan fingerprint density at radius 2 is 1.91 bits per heavy atom. The third-order valence-corrected chi connectivity index (χ3v) is 4.20. The van der Waals surface area contributed by atoms with Gasteiger partial charge < -0.3 is 0 Å². The van der Waals surface area contributed by atoms with E-state index in [1.165, 1.54) is 12.1 Å². The zero-order chi connectivity index (χ0) is 16.0. The molecule has 0 amide bonds. The van der Waals surface area contributed by atoms with Crippen LogP contribution in [0, 0.1) is 19.7 Å². The largest absolute Gasteiger partial charge is 0.250 e. The molecular weight excluding hydrogens is 291 g/mol. The average molecular weight is 308 g/mol. The zero-order valence-electron chi connectivity index (χ0n) is 13.1. The van der Waals surface area contributed by atoms with E-state index in [0.717, 1.165) is 35.6 Å². The summed E-state index contributed by atoms with van der Waals surface area (Å²) in [6.45, 7) is 4.00. The predicted molar refractivity (Wildman–Crippen MR) is 86.0 cm³/mol. The van der Waals surface area contributed by atoms with Crippen LogP contribution in [-0.4, -0.2) is 19.7 Å². The minimum Gasteiger partial charge on any atom is -0.250 e. The van der Waals surface area contributed by atoms with Gasteiger partial charge in [-0.15, -0.1) is 0 Å². The second kappa shape index (κ2) is 5.26. The van der Waals surface area contributed by atoms with Crippen molar-refractivity contribution in [2.24, 2.45) is 0 Å². The van der Waals surface area contributed by atoms with Gasteiger partial charge >= 0.3 is 0 Å². The number of rotatable bonds is 3. The second-order valence-electron chi connectivity index (χ2n) is 6.06. The normalized spacial score (nSPS) is 14.2. The van der Waals surface area contributed by atoms with Crippen LogP contribution in [-0.2, 0) is 0 Å². The quantitative estimate of drug-likeness (QED) is 0.735. The molecule has 3 aromatic rings. The number of benzene rings is 1. The van der Waals surface area contributed by atoms with Gasteiger partial charge in [0.05, 0.1) is 5.69 Å². The maximum atomic E-state index is 13.6. The van der Waals surface area contributed by atoms with Crippen molar-refractivity contribution in [1.29, 1.82) is 0 Å². The molecule has 0 unspecified atom stereocenters. The molecule has 1 aliphatic rings. The summed E-state index contributed by atoms with van der Waals surface area (Å²) >= 11 is 0. The highest BCUT2D eigenvalue weighted by Gasteiger charge is 2.29. The van der Waals surface area contributed by atoms with Crippen molar-refractivity contribution < 1.29 is 4.39 Å². The van der Waals surface area contributed by atoms with Crippen LogP contribution in [0.4, 0.5) is 4.39 Å². The number of hydrogen-bond acceptors (Lipinski definition) is 3. The van der Waals surface area contributed by atoms with Crippen molar-refractivity contribution >= 4 is 0 Å². The molecule has 2 heterocycles. The highest BCUT2D eigenvalue weighted by molar-refractivity contribution is 5.54. The molecule has 1 aliphatic carbocycles. The van der Waals surface area contributed by atoms with Gasteiger partial charge in [0.2, 0.25) is 0 Å². The number of nitrogens with zero attached hydrogens (tertiary/aromatic N) is 4. The first-order valence-corrected chi connectivity index (χ1v) is 7.79. The molecule has 0 spiro atoms. The van der Waals surface area contributed by atoms with Crippen LogP contribution in [0.25, 0.3) is 17.2 Å². The Hall–Kier alpha value is -2.56. The van der Waals surface area contributed by atoms with Crippen LogP contribution in [0.2, 0.25) is 0 Å². The number of hydrogen-bond donors (Lipinski definition) is 0. The standard InChI is InChI=1S/C18H17FN4/c1-11-6-9-16(20-12(11)2)18-21-17(13-7-8-13)22-23(18)15-5-3-4-14(19)10-15/h3-6,9-10,13H,7-8H2,1-2H3. The van der Waals surface area contributed by atoms with Gasteiger partial charge in [0, 0.05) is 11.6 Å². The molecule has 0 N–H and O–H groups in total. The average Bonchev–Trinajstić information content (AvgIpc) is 3.29. The molecule has 0 aliphatic heterocycles. The van der Waals surface area contributed by atoms with Gasteiger partial charge in [0.15, 0.2) is 11.6 Å². The van der Waals surface area contributed by atoms with E-state index in [1.54, 1.807) is 10.7 Å². The van der Waals surface area contributed by atoms with Gasteiger partial charge in [-0.25, -0.2) is 19.0 Å². The van der Waals surface area contributed by atoms with Crippen molar-refractivity contribution in [3.8, 4) is 17.2 Å². The van der Waals surface area contributed by atoms with Crippen LogP contribution < -0.4 is 0 Å². The second-order valence-corrected chi connectivity index (χ2v) is 6.06. The fraction of sp³-hybridized carbons (Fsp3) is 0.278. The molecule has 23 heavy (non-hydrogen) atoms. The predicted octanol–water partition coefficient (Wildman–Crippen LogP) is 3.96. The summed E-state index contributed by atoms with van der Waals surface area (Å²) in [6, 6.07) is 10.4. The van der Waals surface area contributed by atoms with Crippen LogP contribution in [0.15, 0.2) is 36.4 Å². The molecule has 1 fully saturated rings. The van der Waals surface area contributed by atoms with Gasteiger partial charge in [-0.1, -0.05) is 12.1 Å².